The van der Waals surface area contributed by atoms with Gasteiger partial charge in [0.1, 0.15) is 0 Å². The van der Waals surface area contributed by atoms with Crippen molar-refractivity contribution in [2.45, 2.75) is 52.1 Å². The smallest absolute Gasteiger partial charge is 0.234 e. The Bertz CT molecular complexity index is 188. The van der Waals surface area contributed by atoms with Gasteiger partial charge >= 0.3 is 0 Å². The van der Waals surface area contributed by atoms with Crippen LogP contribution in [-0.2, 0) is 4.79 Å². The fraction of sp³-hybridized carbons (Fsp3) is 0.909. The minimum absolute atomic E-state index is 0.141. The molecule has 0 aromatic rings. The van der Waals surface area contributed by atoms with Gasteiger partial charge in [-0.25, -0.2) is 0 Å². The van der Waals surface area contributed by atoms with Crippen LogP contribution in [0, 0.1) is 5.92 Å². The van der Waals surface area contributed by atoms with Gasteiger partial charge in [-0.05, 0) is 32.1 Å². The molecule has 0 aliphatic heterocycles. The summed E-state index contributed by atoms with van der Waals surface area (Å²) in [5, 5.41) is 6.21. The molecule has 0 spiro atoms. The molecule has 1 aliphatic rings. The number of carbonyl (C=O) groups is 1. The highest BCUT2D eigenvalue weighted by Crippen LogP contribution is 2.25. The second-order valence-electron chi connectivity index (χ2n) is 4.53. The van der Waals surface area contributed by atoms with Crippen molar-refractivity contribution in [3.05, 3.63) is 0 Å². The lowest BCUT2D eigenvalue weighted by molar-refractivity contribution is -0.121. The van der Waals surface area contributed by atoms with E-state index in [1.54, 1.807) is 0 Å². The number of carbonyl (C=O) groups excluding carboxylic acids is 1. The lowest BCUT2D eigenvalue weighted by Gasteiger charge is -2.33. The van der Waals surface area contributed by atoms with Crippen molar-refractivity contribution in [1.29, 1.82) is 0 Å². The average Bonchev–Trinajstić information content (AvgIpc) is 2.11. The molecule has 0 radical (unpaired) electrons. The zero-order valence-corrected chi connectivity index (χ0v) is 9.47. The Labute approximate surface area is 86.6 Å². The second-order valence-corrected chi connectivity index (χ2v) is 4.53. The van der Waals surface area contributed by atoms with Crippen LogP contribution < -0.4 is 10.6 Å². The molecule has 1 aliphatic carbocycles. The minimum atomic E-state index is 0.141. The second kappa shape index (κ2) is 5.35. The van der Waals surface area contributed by atoms with Gasteiger partial charge in [0.05, 0.1) is 6.54 Å². The largest absolute Gasteiger partial charge is 0.352 e. The molecule has 1 unspecified atom stereocenters. The first-order valence-electron chi connectivity index (χ1n) is 5.64. The number of nitrogens with one attached hydrogen (secondary N) is 2. The maximum atomic E-state index is 11.4. The summed E-state index contributed by atoms with van der Waals surface area (Å²) in [6.45, 7) is 6.89. The van der Waals surface area contributed by atoms with Crippen LogP contribution in [0.25, 0.3) is 0 Å². The number of hydrogen-bond acceptors (Lipinski definition) is 2. The molecule has 1 atom stereocenters. The first-order chi connectivity index (χ1) is 6.61. The van der Waals surface area contributed by atoms with Crippen molar-refractivity contribution in [3.63, 3.8) is 0 Å². The number of amides is 1. The predicted octanol–water partition coefficient (Wildman–Crippen LogP) is 1.29. The topological polar surface area (TPSA) is 41.1 Å². The summed E-state index contributed by atoms with van der Waals surface area (Å²) in [7, 11) is 0. The van der Waals surface area contributed by atoms with E-state index in [2.05, 4.69) is 31.4 Å². The Morgan fingerprint density at radius 3 is 2.64 bits per heavy atom. The summed E-state index contributed by atoms with van der Waals surface area (Å²) in [5.41, 5.74) is 0. The van der Waals surface area contributed by atoms with Gasteiger partial charge in [0.2, 0.25) is 5.91 Å². The Morgan fingerprint density at radius 1 is 1.50 bits per heavy atom. The molecule has 2 N–H and O–H groups in total. The molecular formula is C11H22N2O. The van der Waals surface area contributed by atoms with Crippen LogP contribution in [0.1, 0.15) is 40.0 Å². The number of hydrogen-bond donors (Lipinski definition) is 2. The van der Waals surface area contributed by atoms with Crippen LogP contribution >= 0.6 is 0 Å². The van der Waals surface area contributed by atoms with E-state index in [1.165, 1.54) is 0 Å². The van der Waals surface area contributed by atoms with Gasteiger partial charge in [-0.2, -0.15) is 0 Å². The standard InChI is InChI=1S/C11H22N2O/c1-4-9(3)12-7-11(14)13-10-5-8(2)6-10/h8-10,12H,4-7H2,1-3H3,(H,13,14). The van der Waals surface area contributed by atoms with Crippen LogP contribution in [0.4, 0.5) is 0 Å². The fourth-order valence-corrected chi connectivity index (χ4v) is 1.71. The molecule has 1 fully saturated rings. The van der Waals surface area contributed by atoms with Gasteiger partial charge in [0, 0.05) is 12.1 Å². The molecular weight excluding hydrogens is 176 g/mol. The monoisotopic (exact) mass is 198 g/mol. The van der Waals surface area contributed by atoms with E-state index in [1.807, 2.05) is 0 Å². The Kier molecular flexibility index (Phi) is 4.39. The van der Waals surface area contributed by atoms with E-state index in [-0.39, 0.29) is 5.91 Å². The fourth-order valence-electron chi connectivity index (χ4n) is 1.71. The van der Waals surface area contributed by atoms with E-state index >= 15 is 0 Å². The first-order valence-corrected chi connectivity index (χ1v) is 5.64. The molecule has 1 amide bonds. The van der Waals surface area contributed by atoms with E-state index in [9.17, 15) is 4.79 Å². The Balaban J connectivity index is 2.04. The summed E-state index contributed by atoms with van der Waals surface area (Å²) < 4.78 is 0. The van der Waals surface area contributed by atoms with Gasteiger partial charge in [-0.1, -0.05) is 13.8 Å². The first kappa shape index (κ1) is 11.5. The highest BCUT2D eigenvalue weighted by Gasteiger charge is 2.26. The van der Waals surface area contributed by atoms with E-state index < -0.39 is 0 Å². The average molecular weight is 198 g/mol. The quantitative estimate of drug-likeness (QED) is 0.699. The Morgan fingerprint density at radius 2 is 2.14 bits per heavy atom. The van der Waals surface area contributed by atoms with Gasteiger partial charge in [-0.3, -0.25) is 4.79 Å². The summed E-state index contributed by atoms with van der Waals surface area (Å²) in [5.74, 6) is 0.935. The lowest BCUT2D eigenvalue weighted by Crippen LogP contribution is -2.47. The summed E-state index contributed by atoms with van der Waals surface area (Å²) in [6, 6.07) is 0.872. The SMILES string of the molecule is CCC(C)NCC(=O)NC1CC(C)C1. The highest BCUT2D eigenvalue weighted by molar-refractivity contribution is 5.78. The molecule has 1 rings (SSSR count). The number of rotatable bonds is 5. The maximum Gasteiger partial charge on any atom is 0.234 e. The molecule has 0 aromatic carbocycles. The molecule has 1 saturated carbocycles. The van der Waals surface area contributed by atoms with Gasteiger partial charge in [0.25, 0.3) is 0 Å². The zero-order valence-electron chi connectivity index (χ0n) is 9.47. The normalized spacial score (nSPS) is 27.9. The van der Waals surface area contributed by atoms with Crippen molar-refractivity contribution in [2.75, 3.05) is 6.54 Å². The van der Waals surface area contributed by atoms with Crippen molar-refractivity contribution in [1.82, 2.24) is 10.6 Å². The molecule has 82 valence electrons. The van der Waals surface area contributed by atoms with Crippen LogP contribution in [0.2, 0.25) is 0 Å². The van der Waals surface area contributed by atoms with Crippen molar-refractivity contribution in [2.24, 2.45) is 5.92 Å². The molecule has 0 aromatic heterocycles. The van der Waals surface area contributed by atoms with Crippen molar-refractivity contribution in [3.8, 4) is 0 Å². The summed E-state index contributed by atoms with van der Waals surface area (Å²) in [4.78, 5) is 11.4. The van der Waals surface area contributed by atoms with Gasteiger partial charge in [-0.15, -0.1) is 0 Å². The molecule has 0 saturated heterocycles. The predicted molar refractivity (Wildman–Crippen MR) is 58.1 cm³/mol. The molecule has 3 heteroatoms. The van der Waals surface area contributed by atoms with Crippen molar-refractivity contribution < 1.29 is 4.79 Å². The molecule has 3 nitrogen and oxygen atoms in total. The minimum Gasteiger partial charge on any atom is -0.352 e. The third kappa shape index (κ3) is 3.66. The Hall–Kier alpha value is -0.570. The third-order valence-corrected chi connectivity index (χ3v) is 2.96. The van der Waals surface area contributed by atoms with Crippen molar-refractivity contribution >= 4 is 5.91 Å². The van der Waals surface area contributed by atoms with Crippen LogP contribution in [-0.4, -0.2) is 24.5 Å². The van der Waals surface area contributed by atoms with Crippen LogP contribution in [0.15, 0.2) is 0 Å². The van der Waals surface area contributed by atoms with Crippen LogP contribution in [0.3, 0.4) is 0 Å². The zero-order chi connectivity index (χ0) is 10.6. The van der Waals surface area contributed by atoms with E-state index in [0.717, 1.165) is 25.2 Å². The van der Waals surface area contributed by atoms with E-state index in [4.69, 9.17) is 0 Å². The third-order valence-electron chi connectivity index (χ3n) is 2.96. The molecule has 0 heterocycles. The summed E-state index contributed by atoms with van der Waals surface area (Å²) in [6.07, 6.45) is 3.36. The maximum absolute atomic E-state index is 11.4. The van der Waals surface area contributed by atoms with Gasteiger partial charge < -0.3 is 10.6 Å². The highest BCUT2D eigenvalue weighted by atomic mass is 16.2. The van der Waals surface area contributed by atoms with E-state index in [0.29, 0.717) is 18.6 Å². The molecule has 14 heavy (non-hydrogen) atoms. The molecule has 0 bridgehead atoms. The summed E-state index contributed by atoms with van der Waals surface area (Å²) >= 11 is 0. The van der Waals surface area contributed by atoms with Crippen LogP contribution in [0.5, 0.6) is 0 Å². The lowest BCUT2D eigenvalue weighted by atomic mass is 9.82. The van der Waals surface area contributed by atoms with Gasteiger partial charge in [0.15, 0.2) is 0 Å².